The summed E-state index contributed by atoms with van der Waals surface area (Å²) < 4.78 is 0. The van der Waals surface area contributed by atoms with Crippen molar-refractivity contribution in [3.63, 3.8) is 0 Å². The second-order valence-corrected chi connectivity index (χ2v) is 6.35. The molecule has 0 radical (unpaired) electrons. The van der Waals surface area contributed by atoms with E-state index in [0.29, 0.717) is 0 Å². The van der Waals surface area contributed by atoms with Crippen LogP contribution in [0.4, 0.5) is 5.69 Å². The minimum atomic E-state index is 0.817. The quantitative estimate of drug-likeness (QED) is 0.864. The van der Waals surface area contributed by atoms with E-state index in [2.05, 4.69) is 52.3 Å². The standard InChI is InChI=1S/C16H27ClN4/c1-18-13-14-4-5-15(12-16(14)17)21-10-8-20(9-11-21)7-6-19(2)3/h4-5,12,18H,6-11,13H2,1-3H3. The number of nitrogens with zero attached hydrogens (tertiary/aromatic N) is 3. The lowest BCUT2D eigenvalue weighted by atomic mass is 10.1. The molecule has 0 aliphatic carbocycles. The minimum Gasteiger partial charge on any atom is -0.369 e. The van der Waals surface area contributed by atoms with E-state index in [1.54, 1.807) is 0 Å². The fraction of sp³-hybridized carbons (Fsp3) is 0.625. The van der Waals surface area contributed by atoms with Gasteiger partial charge in [-0.3, -0.25) is 4.90 Å². The molecule has 0 atom stereocenters. The molecule has 1 saturated heterocycles. The van der Waals surface area contributed by atoms with Crippen LogP contribution >= 0.6 is 11.6 Å². The maximum absolute atomic E-state index is 6.36. The van der Waals surface area contributed by atoms with Gasteiger partial charge >= 0.3 is 0 Å². The number of nitrogens with one attached hydrogen (secondary N) is 1. The molecule has 1 aliphatic rings. The molecule has 2 rings (SSSR count). The van der Waals surface area contributed by atoms with E-state index < -0.39 is 0 Å². The number of hydrogen-bond acceptors (Lipinski definition) is 4. The second-order valence-electron chi connectivity index (χ2n) is 5.94. The summed E-state index contributed by atoms with van der Waals surface area (Å²) in [6, 6.07) is 6.42. The molecule has 1 fully saturated rings. The molecule has 5 heteroatoms. The first-order valence-electron chi connectivity index (χ1n) is 7.65. The van der Waals surface area contributed by atoms with Crippen molar-refractivity contribution in [2.24, 2.45) is 0 Å². The Morgan fingerprint density at radius 1 is 1.19 bits per heavy atom. The minimum absolute atomic E-state index is 0.817. The van der Waals surface area contributed by atoms with Gasteiger partial charge in [-0.2, -0.15) is 0 Å². The molecule has 0 unspecified atom stereocenters. The van der Waals surface area contributed by atoms with Crippen LogP contribution in [0.5, 0.6) is 0 Å². The van der Waals surface area contributed by atoms with Crippen LogP contribution in [0.2, 0.25) is 5.02 Å². The Labute approximate surface area is 133 Å². The van der Waals surface area contributed by atoms with Crippen LogP contribution in [0.15, 0.2) is 18.2 Å². The van der Waals surface area contributed by atoms with E-state index in [1.807, 2.05) is 7.05 Å². The van der Waals surface area contributed by atoms with Gasteiger partial charge in [0.25, 0.3) is 0 Å². The normalized spacial score (nSPS) is 16.7. The second kappa shape index (κ2) is 7.99. The van der Waals surface area contributed by atoms with E-state index >= 15 is 0 Å². The van der Waals surface area contributed by atoms with Crippen LogP contribution in [-0.4, -0.2) is 70.2 Å². The molecule has 0 saturated carbocycles. The Morgan fingerprint density at radius 3 is 2.48 bits per heavy atom. The predicted octanol–water partition coefficient (Wildman–Crippen LogP) is 1.74. The van der Waals surface area contributed by atoms with Crippen LogP contribution in [0, 0.1) is 0 Å². The summed E-state index contributed by atoms with van der Waals surface area (Å²) in [7, 11) is 6.20. The van der Waals surface area contributed by atoms with Crippen molar-refractivity contribution in [1.82, 2.24) is 15.1 Å². The van der Waals surface area contributed by atoms with E-state index in [-0.39, 0.29) is 0 Å². The molecule has 1 heterocycles. The highest BCUT2D eigenvalue weighted by molar-refractivity contribution is 6.31. The summed E-state index contributed by atoms with van der Waals surface area (Å²) in [5, 5.41) is 4.00. The van der Waals surface area contributed by atoms with Gasteiger partial charge in [-0.15, -0.1) is 0 Å². The maximum atomic E-state index is 6.36. The third-order valence-electron chi connectivity index (χ3n) is 4.00. The summed E-state index contributed by atoms with van der Waals surface area (Å²) in [5.41, 5.74) is 2.40. The molecule has 118 valence electrons. The summed E-state index contributed by atoms with van der Waals surface area (Å²) >= 11 is 6.36. The van der Waals surface area contributed by atoms with Gasteiger partial charge in [-0.25, -0.2) is 0 Å². The van der Waals surface area contributed by atoms with Crippen LogP contribution in [0.25, 0.3) is 0 Å². The number of anilines is 1. The topological polar surface area (TPSA) is 21.8 Å². The van der Waals surface area contributed by atoms with Crippen LogP contribution in [0.1, 0.15) is 5.56 Å². The smallest absolute Gasteiger partial charge is 0.0471 e. The maximum Gasteiger partial charge on any atom is 0.0471 e. The lowest BCUT2D eigenvalue weighted by Crippen LogP contribution is -2.48. The van der Waals surface area contributed by atoms with Gasteiger partial charge in [0.2, 0.25) is 0 Å². The Hall–Kier alpha value is -0.810. The van der Waals surface area contributed by atoms with Crippen LogP contribution in [-0.2, 0) is 6.54 Å². The van der Waals surface area contributed by atoms with Gasteiger partial charge in [0, 0.05) is 56.5 Å². The Bertz CT molecular complexity index is 442. The number of halogens is 1. The number of hydrogen-bond donors (Lipinski definition) is 1. The van der Waals surface area contributed by atoms with Crippen molar-refractivity contribution in [2.75, 3.05) is 65.3 Å². The third-order valence-corrected chi connectivity index (χ3v) is 4.36. The number of benzene rings is 1. The molecule has 4 nitrogen and oxygen atoms in total. The van der Waals surface area contributed by atoms with E-state index in [9.17, 15) is 0 Å². The number of likely N-dealkylation sites (N-methyl/N-ethyl adjacent to an activating group) is 1. The average molecular weight is 311 g/mol. The van der Waals surface area contributed by atoms with Gasteiger partial charge in [-0.1, -0.05) is 17.7 Å². The molecule has 21 heavy (non-hydrogen) atoms. The first kappa shape index (κ1) is 16.6. The Balaban J connectivity index is 1.88. The number of rotatable bonds is 6. The van der Waals surface area contributed by atoms with Crippen LogP contribution < -0.4 is 10.2 Å². The molecular weight excluding hydrogens is 284 g/mol. The van der Waals surface area contributed by atoms with E-state index in [1.165, 1.54) is 5.69 Å². The largest absolute Gasteiger partial charge is 0.369 e. The van der Waals surface area contributed by atoms with Crippen molar-refractivity contribution in [2.45, 2.75) is 6.54 Å². The highest BCUT2D eigenvalue weighted by Gasteiger charge is 2.17. The van der Waals surface area contributed by atoms with Crippen molar-refractivity contribution in [1.29, 1.82) is 0 Å². The van der Waals surface area contributed by atoms with Gasteiger partial charge < -0.3 is 15.1 Å². The molecule has 1 aromatic carbocycles. The van der Waals surface area contributed by atoms with Crippen molar-refractivity contribution >= 4 is 17.3 Å². The van der Waals surface area contributed by atoms with Gasteiger partial charge in [0.1, 0.15) is 0 Å². The Kier molecular flexibility index (Phi) is 6.30. The fourth-order valence-electron chi connectivity index (χ4n) is 2.64. The zero-order chi connectivity index (χ0) is 15.2. The molecular formula is C16H27ClN4. The highest BCUT2D eigenvalue weighted by Crippen LogP contribution is 2.24. The van der Waals surface area contributed by atoms with Gasteiger partial charge in [0.05, 0.1) is 0 Å². The predicted molar refractivity (Wildman–Crippen MR) is 91.4 cm³/mol. The van der Waals surface area contributed by atoms with Crippen molar-refractivity contribution in [3.8, 4) is 0 Å². The lowest BCUT2D eigenvalue weighted by Gasteiger charge is -2.36. The Morgan fingerprint density at radius 2 is 1.90 bits per heavy atom. The van der Waals surface area contributed by atoms with Crippen LogP contribution in [0.3, 0.4) is 0 Å². The first-order chi connectivity index (χ1) is 10.1. The molecule has 0 aromatic heterocycles. The molecule has 0 spiro atoms. The molecule has 1 aliphatic heterocycles. The lowest BCUT2D eigenvalue weighted by molar-refractivity contribution is 0.229. The highest BCUT2D eigenvalue weighted by atomic mass is 35.5. The summed E-state index contributed by atoms with van der Waals surface area (Å²) in [4.78, 5) is 7.21. The van der Waals surface area contributed by atoms with E-state index in [0.717, 1.165) is 56.4 Å². The molecule has 0 amide bonds. The van der Waals surface area contributed by atoms with Gasteiger partial charge in [-0.05, 0) is 38.8 Å². The van der Waals surface area contributed by atoms with E-state index in [4.69, 9.17) is 11.6 Å². The van der Waals surface area contributed by atoms with Crippen molar-refractivity contribution < 1.29 is 0 Å². The van der Waals surface area contributed by atoms with Gasteiger partial charge in [0.15, 0.2) is 0 Å². The average Bonchev–Trinajstić information content (AvgIpc) is 2.48. The molecule has 1 N–H and O–H groups in total. The fourth-order valence-corrected chi connectivity index (χ4v) is 2.88. The van der Waals surface area contributed by atoms with Crippen molar-refractivity contribution in [3.05, 3.63) is 28.8 Å². The monoisotopic (exact) mass is 310 g/mol. The summed E-state index contributed by atoms with van der Waals surface area (Å²) in [5.74, 6) is 0. The number of piperazine rings is 1. The molecule has 0 bridgehead atoms. The molecule has 1 aromatic rings. The third kappa shape index (κ3) is 4.85. The summed E-state index contributed by atoms with van der Waals surface area (Å²) in [6.45, 7) is 7.52. The zero-order valence-electron chi connectivity index (χ0n) is 13.4. The first-order valence-corrected chi connectivity index (χ1v) is 8.03. The zero-order valence-corrected chi connectivity index (χ0v) is 14.2. The summed E-state index contributed by atoms with van der Waals surface area (Å²) in [6.07, 6.45) is 0. The SMILES string of the molecule is CNCc1ccc(N2CCN(CCN(C)C)CC2)cc1Cl.